The molecule has 1 rings (SSSR count). The highest BCUT2D eigenvalue weighted by atomic mass is 35.5. The van der Waals surface area contributed by atoms with Gasteiger partial charge in [0.25, 0.3) is 5.19 Å². The van der Waals surface area contributed by atoms with Crippen molar-refractivity contribution in [3.05, 3.63) is 10.0 Å². The van der Waals surface area contributed by atoms with Gasteiger partial charge in [-0.3, -0.25) is 4.79 Å². The average molecular weight is 260 g/mol. The van der Waals surface area contributed by atoms with Crippen LogP contribution in [0.1, 0.15) is 4.88 Å². The summed E-state index contributed by atoms with van der Waals surface area (Å²) in [6, 6.07) is 0. The van der Waals surface area contributed by atoms with E-state index in [1.165, 1.54) is 7.11 Å². The number of hydrogen-bond donors (Lipinski definition) is 0. The molecule has 1 aromatic heterocycles. The maximum absolute atomic E-state index is 11.9. The summed E-state index contributed by atoms with van der Waals surface area (Å²) >= 11 is 6.34. The zero-order valence-corrected chi connectivity index (χ0v) is 8.96. The predicted molar refractivity (Wildman–Crippen MR) is 48.4 cm³/mol. The number of rotatable bonds is 3. The minimum absolute atomic E-state index is 0.0517. The van der Waals surface area contributed by atoms with Crippen molar-refractivity contribution in [3.63, 3.8) is 0 Å². The van der Waals surface area contributed by atoms with Crippen molar-refractivity contribution >= 4 is 28.7 Å². The van der Waals surface area contributed by atoms with Gasteiger partial charge < -0.3 is 4.74 Å². The van der Waals surface area contributed by atoms with Gasteiger partial charge in [0.1, 0.15) is 5.15 Å². The molecule has 1 aromatic rings. The van der Waals surface area contributed by atoms with Crippen LogP contribution in [0.3, 0.4) is 0 Å². The summed E-state index contributed by atoms with van der Waals surface area (Å²) in [5.74, 6) is -1.85. The highest BCUT2D eigenvalue weighted by Crippen LogP contribution is 2.30. The topological polar surface area (TPSA) is 39.2 Å². The molecule has 0 saturated heterocycles. The van der Waals surface area contributed by atoms with Crippen molar-refractivity contribution < 1.29 is 22.7 Å². The van der Waals surface area contributed by atoms with Crippen molar-refractivity contribution in [2.45, 2.75) is 12.6 Å². The van der Waals surface area contributed by atoms with Crippen LogP contribution in [-0.2, 0) is 11.2 Å². The molecule has 0 amide bonds. The van der Waals surface area contributed by atoms with Crippen LogP contribution in [0, 0.1) is 0 Å². The molecule has 1 heterocycles. The first kappa shape index (κ1) is 12.3. The van der Waals surface area contributed by atoms with E-state index >= 15 is 0 Å². The third-order valence-corrected chi connectivity index (χ3v) is 2.88. The summed E-state index contributed by atoms with van der Waals surface area (Å²) in [7, 11) is 1.31. The second-order valence-electron chi connectivity index (χ2n) is 2.50. The number of carbonyl (C=O) groups excluding carboxylic acids is 1. The van der Waals surface area contributed by atoms with Gasteiger partial charge in [-0.1, -0.05) is 22.9 Å². The Kier molecular flexibility index (Phi) is 3.56. The smallest absolute Gasteiger partial charge is 0.450 e. The van der Waals surface area contributed by atoms with Gasteiger partial charge >= 0.3 is 6.18 Å². The molecule has 0 aliphatic carbocycles. The van der Waals surface area contributed by atoms with E-state index in [1.54, 1.807) is 0 Å². The van der Waals surface area contributed by atoms with E-state index in [-0.39, 0.29) is 15.2 Å². The fraction of sp³-hybridized carbons (Fsp3) is 0.429. The highest BCUT2D eigenvalue weighted by molar-refractivity contribution is 7.14. The lowest BCUT2D eigenvalue weighted by atomic mass is 10.2. The Morgan fingerprint density at radius 3 is 2.60 bits per heavy atom. The number of Topliss-reactive ketones (excluding diaryl/α,β-unsaturated/α-hetero) is 1. The van der Waals surface area contributed by atoms with Gasteiger partial charge in [0.05, 0.1) is 18.4 Å². The number of halogens is 4. The number of ether oxygens (including phenoxy) is 1. The second kappa shape index (κ2) is 4.36. The van der Waals surface area contributed by atoms with Crippen molar-refractivity contribution in [2.24, 2.45) is 0 Å². The summed E-state index contributed by atoms with van der Waals surface area (Å²) in [6.45, 7) is 0. The molecule has 0 aromatic carbocycles. The lowest BCUT2D eigenvalue weighted by Gasteiger charge is -2.02. The second-order valence-corrected chi connectivity index (χ2v) is 3.90. The zero-order chi connectivity index (χ0) is 11.6. The highest BCUT2D eigenvalue weighted by Gasteiger charge is 2.38. The molecule has 0 aliphatic heterocycles. The Hall–Kier alpha value is -0.820. The fourth-order valence-corrected chi connectivity index (χ4v) is 1.83. The molecule has 8 heteroatoms. The summed E-state index contributed by atoms with van der Waals surface area (Å²) < 4.78 is 40.4. The van der Waals surface area contributed by atoms with Crippen LogP contribution < -0.4 is 4.74 Å². The third kappa shape index (κ3) is 3.07. The van der Waals surface area contributed by atoms with Gasteiger partial charge in [0.15, 0.2) is 0 Å². The van der Waals surface area contributed by atoms with Crippen molar-refractivity contribution in [1.29, 1.82) is 0 Å². The standard InChI is InChI=1S/C7H5ClF3NO2S/c1-14-6-12-5(8)3(15-6)2-4(13)7(9,10)11/h2H2,1H3. The van der Waals surface area contributed by atoms with E-state index in [2.05, 4.69) is 9.72 Å². The number of ketones is 1. The molecular weight excluding hydrogens is 255 g/mol. The first-order valence-electron chi connectivity index (χ1n) is 3.63. The largest absolute Gasteiger partial charge is 0.473 e. The summed E-state index contributed by atoms with van der Waals surface area (Å²) in [6.07, 6.45) is -5.65. The maximum atomic E-state index is 11.9. The van der Waals surface area contributed by atoms with Crippen molar-refractivity contribution in [1.82, 2.24) is 4.98 Å². The molecule has 0 fully saturated rings. The predicted octanol–water partition coefficient (Wildman–Crippen LogP) is 2.48. The normalized spacial score (nSPS) is 11.5. The van der Waals surface area contributed by atoms with Crippen LogP contribution >= 0.6 is 22.9 Å². The minimum Gasteiger partial charge on any atom is -0.473 e. The van der Waals surface area contributed by atoms with Gasteiger partial charge in [0.2, 0.25) is 5.78 Å². The van der Waals surface area contributed by atoms with E-state index < -0.39 is 18.4 Å². The maximum Gasteiger partial charge on any atom is 0.450 e. The van der Waals surface area contributed by atoms with Crippen LogP contribution in [0.4, 0.5) is 13.2 Å². The molecule has 0 spiro atoms. The summed E-state index contributed by atoms with van der Waals surface area (Å²) in [5, 5.41) is -0.000533. The van der Waals surface area contributed by atoms with Gasteiger partial charge in [-0.05, 0) is 0 Å². The molecule has 0 atom stereocenters. The van der Waals surface area contributed by atoms with Crippen LogP contribution in [0.15, 0.2) is 0 Å². The van der Waals surface area contributed by atoms with Gasteiger partial charge in [-0.15, -0.1) is 0 Å². The first-order chi connectivity index (χ1) is 6.84. The molecule has 0 bridgehead atoms. The van der Waals surface area contributed by atoms with E-state index in [9.17, 15) is 18.0 Å². The first-order valence-corrected chi connectivity index (χ1v) is 4.83. The lowest BCUT2D eigenvalue weighted by molar-refractivity contribution is -0.170. The van der Waals surface area contributed by atoms with E-state index in [1.807, 2.05) is 0 Å². The summed E-state index contributed by atoms with van der Waals surface area (Å²) in [4.78, 5) is 14.3. The molecule has 84 valence electrons. The number of alkyl halides is 3. The van der Waals surface area contributed by atoms with Crippen molar-refractivity contribution in [3.8, 4) is 5.19 Å². The van der Waals surface area contributed by atoms with Gasteiger partial charge in [-0.25, -0.2) is 0 Å². The van der Waals surface area contributed by atoms with E-state index in [0.29, 0.717) is 0 Å². The number of methoxy groups -OCH3 is 1. The van der Waals surface area contributed by atoms with Crippen LogP contribution in [0.5, 0.6) is 5.19 Å². The zero-order valence-electron chi connectivity index (χ0n) is 7.39. The van der Waals surface area contributed by atoms with Crippen LogP contribution in [0.2, 0.25) is 5.15 Å². The lowest BCUT2D eigenvalue weighted by Crippen LogP contribution is -2.24. The van der Waals surface area contributed by atoms with E-state index in [0.717, 1.165) is 11.3 Å². The SMILES string of the molecule is COc1nc(Cl)c(CC(=O)C(F)(F)F)s1. The molecule has 0 unspecified atom stereocenters. The molecule has 0 radical (unpaired) electrons. The van der Waals surface area contributed by atoms with Gasteiger partial charge in [0, 0.05) is 0 Å². The number of hydrogen-bond acceptors (Lipinski definition) is 4. The van der Waals surface area contributed by atoms with E-state index in [4.69, 9.17) is 11.6 Å². The Balaban J connectivity index is 2.81. The Morgan fingerprint density at radius 1 is 1.60 bits per heavy atom. The van der Waals surface area contributed by atoms with Crippen LogP contribution in [0.25, 0.3) is 0 Å². The quantitative estimate of drug-likeness (QED) is 0.837. The molecule has 3 nitrogen and oxygen atoms in total. The number of aromatic nitrogens is 1. The number of carbonyl (C=O) groups is 1. The Bertz CT molecular complexity index is 377. The summed E-state index contributed by atoms with van der Waals surface area (Å²) in [5.41, 5.74) is 0. The molecule has 0 N–H and O–H groups in total. The van der Waals surface area contributed by atoms with Gasteiger partial charge in [-0.2, -0.15) is 18.2 Å². The molecule has 0 aliphatic rings. The third-order valence-electron chi connectivity index (χ3n) is 1.44. The average Bonchev–Trinajstić information content (AvgIpc) is 2.45. The number of nitrogens with zero attached hydrogens (tertiary/aromatic N) is 1. The monoisotopic (exact) mass is 259 g/mol. The minimum atomic E-state index is -4.85. The van der Waals surface area contributed by atoms with Crippen molar-refractivity contribution in [2.75, 3.05) is 7.11 Å². The molecule has 15 heavy (non-hydrogen) atoms. The Labute approximate surface area is 91.8 Å². The molecular formula is C7H5ClF3NO2S. The molecule has 0 saturated carbocycles. The number of thiazole rings is 1. The Morgan fingerprint density at radius 2 is 2.20 bits per heavy atom. The fourth-order valence-electron chi connectivity index (χ4n) is 0.755. The van der Waals surface area contributed by atoms with Crippen LogP contribution in [-0.4, -0.2) is 24.1 Å².